The fraction of sp³-hybridized carbons (Fsp3) is 0.800. The molecule has 0 spiro atoms. The molecule has 1 amide bonds. The standard InChI is InChI=1S/C10H17NO3/c1-7-3-5-8(6-4-7)11(2)9(12)10(13)14/h7-8H,3-6H2,1-2H3,(H,13,14). The molecule has 0 atom stereocenters. The molecular weight excluding hydrogens is 182 g/mol. The van der Waals surface area contributed by atoms with E-state index in [9.17, 15) is 9.59 Å². The molecule has 0 radical (unpaired) electrons. The molecule has 0 aromatic heterocycles. The lowest BCUT2D eigenvalue weighted by molar-refractivity contribution is -0.156. The van der Waals surface area contributed by atoms with E-state index in [2.05, 4.69) is 6.92 Å². The first-order valence-electron chi connectivity index (χ1n) is 5.02. The molecular formula is C10H17NO3. The minimum Gasteiger partial charge on any atom is -0.474 e. The van der Waals surface area contributed by atoms with Gasteiger partial charge in [0.15, 0.2) is 0 Å². The smallest absolute Gasteiger partial charge is 0.394 e. The SMILES string of the molecule is CC1CCC(N(C)C(=O)C(=O)O)CC1. The Morgan fingerprint density at radius 1 is 1.21 bits per heavy atom. The average molecular weight is 199 g/mol. The van der Waals surface area contributed by atoms with Crippen LogP contribution in [0.4, 0.5) is 0 Å². The number of carbonyl (C=O) groups is 2. The van der Waals surface area contributed by atoms with Crippen molar-refractivity contribution in [3.63, 3.8) is 0 Å². The summed E-state index contributed by atoms with van der Waals surface area (Å²) < 4.78 is 0. The highest BCUT2D eigenvalue weighted by Gasteiger charge is 2.27. The first-order valence-corrected chi connectivity index (χ1v) is 5.02. The highest BCUT2D eigenvalue weighted by atomic mass is 16.4. The van der Waals surface area contributed by atoms with Crippen LogP contribution in [0.2, 0.25) is 0 Å². The van der Waals surface area contributed by atoms with Crippen LogP contribution < -0.4 is 0 Å². The highest BCUT2D eigenvalue weighted by molar-refractivity contribution is 6.31. The number of amides is 1. The van der Waals surface area contributed by atoms with Gasteiger partial charge in [0.05, 0.1) is 0 Å². The van der Waals surface area contributed by atoms with Crippen molar-refractivity contribution in [3.05, 3.63) is 0 Å². The van der Waals surface area contributed by atoms with Crippen molar-refractivity contribution in [2.75, 3.05) is 7.05 Å². The fourth-order valence-electron chi connectivity index (χ4n) is 1.95. The maximum Gasteiger partial charge on any atom is 0.394 e. The van der Waals surface area contributed by atoms with E-state index in [0.29, 0.717) is 5.92 Å². The maximum absolute atomic E-state index is 11.1. The van der Waals surface area contributed by atoms with Crippen LogP contribution in [0, 0.1) is 5.92 Å². The van der Waals surface area contributed by atoms with E-state index < -0.39 is 11.9 Å². The second kappa shape index (κ2) is 4.44. The van der Waals surface area contributed by atoms with Gasteiger partial charge in [-0.05, 0) is 31.6 Å². The summed E-state index contributed by atoms with van der Waals surface area (Å²) in [5, 5.41) is 8.54. The number of aliphatic carboxylic acids is 1. The van der Waals surface area contributed by atoms with Gasteiger partial charge in [-0.1, -0.05) is 6.92 Å². The molecule has 0 heterocycles. The van der Waals surface area contributed by atoms with Gasteiger partial charge < -0.3 is 10.0 Å². The van der Waals surface area contributed by atoms with Gasteiger partial charge in [0, 0.05) is 13.1 Å². The Bertz CT molecular complexity index is 232. The van der Waals surface area contributed by atoms with E-state index in [-0.39, 0.29) is 6.04 Å². The molecule has 1 rings (SSSR count). The second-order valence-electron chi connectivity index (χ2n) is 4.13. The summed E-state index contributed by atoms with van der Waals surface area (Å²) in [5.74, 6) is -1.43. The number of nitrogens with zero attached hydrogens (tertiary/aromatic N) is 1. The third-order valence-electron chi connectivity index (χ3n) is 3.04. The van der Waals surface area contributed by atoms with E-state index in [4.69, 9.17) is 5.11 Å². The quantitative estimate of drug-likeness (QED) is 0.643. The average Bonchev–Trinajstić information content (AvgIpc) is 2.16. The Balaban J connectivity index is 2.49. The molecule has 4 heteroatoms. The van der Waals surface area contributed by atoms with Crippen LogP contribution >= 0.6 is 0 Å². The van der Waals surface area contributed by atoms with Crippen molar-refractivity contribution >= 4 is 11.9 Å². The molecule has 0 bridgehead atoms. The van der Waals surface area contributed by atoms with Crippen LogP contribution in [0.25, 0.3) is 0 Å². The summed E-state index contributed by atoms with van der Waals surface area (Å²) in [6.45, 7) is 2.19. The van der Waals surface area contributed by atoms with E-state index in [1.54, 1.807) is 7.05 Å². The number of carboxylic acids is 1. The van der Waals surface area contributed by atoms with Crippen molar-refractivity contribution in [1.82, 2.24) is 4.90 Å². The molecule has 0 aliphatic heterocycles. The predicted octanol–water partition coefficient (Wildman–Crippen LogP) is 1.11. The summed E-state index contributed by atoms with van der Waals surface area (Å²) in [4.78, 5) is 23.0. The largest absolute Gasteiger partial charge is 0.474 e. The molecule has 0 saturated heterocycles. The van der Waals surface area contributed by atoms with Gasteiger partial charge in [-0.3, -0.25) is 4.79 Å². The van der Waals surface area contributed by atoms with E-state index >= 15 is 0 Å². The molecule has 0 unspecified atom stereocenters. The normalized spacial score (nSPS) is 27.0. The van der Waals surface area contributed by atoms with Gasteiger partial charge in [-0.2, -0.15) is 0 Å². The zero-order valence-corrected chi connectivity index (χ0v) is 8.69. The van der Waals surface area contributed by atoms with E-state index in [1.165, 1.54) is 4.90 Å². The zero-order valence-electron chi connectivity index (χ0n) is 8.69. The topological polar surface area (TPSA) is 57.6 Å². The van der Waals surface area contributed by atoms with Gasteiger partial charge in [0.1, 0.15) is 0 Å². The van der Waals surface area contributed by atoms with Crippen molar-refractivity contribution < 1.29 is 14.7 Å². The maximum atomic E-state index is 11.1. The van der Waals surface area contributed by atoms with Gasteiger partial charge in [-0.15, -0.1) is 0 Å². The minimum atomic E-state index is -1.36. The molecule has 14 heavy (non-hydrogen) atoms. The zero-order chi connectivity index (χ0) is 10.7. The molecule has 1 aliphatic rings. The summed E-state index contributed by atoms with van der Waals surface area (Å²) >= 11 is 0. The van der Waals surface area contributed by atoms with Crippen molar-refractivity contribution in [2.24, 2.45) is 5.92 Å². The van der Waals surface area contributed by atoms with Crippen LogP contribution in [0.3, 0.4) is 0 Å². The van der Waals surface area contributed by atoms with Crippen LogP contribution in [0.1, 0.15) is 32.6 Å². The third-order valence-corrected chi connectivity index (χ3v) is 3.04. The second-order valence-corrected chi connectivity index (χ2v) is 4.13. The predicted molar refractivity (Wildman–Crippen MR) is 51.8 cm³/mol. The minimum absolute atomic E-state index is 0.120. The first-order chi connectivity index (χ1) is 6.52. The molecule has 0 aromatic carbocycles. The lowest BCUT2D eigenvalue weighted by atomic mass is 9.87. The summed E-state index contributed by atoms with van der Waals surface area (Å²) in [5.41, 5.74) is 0. The molecule has 80 valence electrons. The Morgan fingerprint density at radius 2 is 1.71 bits per heavy atom. The van der Waals surface area contributed by atoms with Crippen molar-refractivity contribution in [1.29, 1.82) is 0 Å². The number of rotatable bonds is 1. The Labute approximate surface area is 83.9 Å². The molecule has 0 aromatic rings. The molecule has 1 saturated carbocycles. The van der Waals surface area contributed by atoms with Gasteiger partial charge in [0.25, 0.3) is 0 Å². The Hall–Kier alpha value is -1.06. The van der Waals surface area contributed by atoms with Gasteiger partial charge in [-0.25, -0.2) is 4.79 Å². The molecule has 1 N–H and O–H groups in total. The van der Waals surface area contributed by atoms with Crippen LogP contribution in [-0.4, -0.2) is 35.0 Å². The van der Waals surface area contributed by atoms with Gasteiger partial charge >= 0.3 is 11.9 Å². The highest BCUT2D eigenvalue weighted by Crippen LogP contribution is 2.26. The van der Waals surface area contributed by atoms with E-state index in [0.717, 1.165) is 25.7 Å². The fourth-order valence-corrected chi connectivity index (χ4v) is 1.95. The Kier molecular flexibility index (Phi) is 3.49. The first kappa shape index (κ1) is 11.0. The van der Waals surface area contributed by atoms with Gasteiger partial charge in [0.2, 0.25) is 0 Å². The van der Waals surface area contributed by atoms with Crippen molar-refractivity contribution in [3.8, 4) is 0 Å². The lowest BCUT2D eigenvalue weighted by Gasteiger charge is -2.32. The number of hydrogen-bond acceptors (Lipinski definition) is 2. The third kappa shape index (κ3) is 2.47. The summed E-state index contributed by atoms with van der Waals surface area (Å²) in [7, 11) is 1.58. The van der Waals surface area contributed by atoms with Crippen LogP contribution in [-0.2, 0) is 9.59 Å². The van der Waals surface area contributed by atoms with Crippen LogP contribution in [0.5, 0.6) is 0 Å². The lowest BCUT2D eigenvalue weighted by Crippen LogP contribution is -2.42. The Morgan fingerprint density at radius 3 is 2.14 bits per heavy atom. The van der Waals surface area contributed by atoms with Crippen LogP contribution in [0.15, 0.2) is 0 Å². The summed E-state index contributed by atoms with van der Waals surface area (Å²) in [6.07, 6.45) is 4.02. The van der Waals surface area contributed by atoms with Crippen molar-refractivity contribution in [2.45, 2.75) is 38.6 Å². The number of carbonyl (C=O) groups excluding carboxylic acids is 1. The number of hydrogen-bond donors (Lipinski definition) is 1. The summed E-state index contributed by atoms with van der Waals surface area (Å²) in [6, 6.07) is 0.120. The molecule has 1 fully saturated rings. The number of likely N-dealkylation sites (N-methyl/N-ethyl adjacent to an activating group) is 1. The number of carboxylic acid groups (broad SMARTS) is 1. The van der Waals surface area contributed by atoms with E-state index in [1.807, 2.05) is 0 Å². The molecule has 1 aliphatic carbocycles. The monoisotopic (exact) mass is 199 g/mol. The molecule has 4 nitrogen and oxygen atoms in total.